The first-order valence-electron chi connectivity index (χ1n) is 11.9. The van der Waals surface area contributed by atoms with E-state index in [1.54, 1.807) is 0 Å². The third-order valence-electron chi connectivity index (χ3n) is 6.58. The summed E-state index contributed by atoms with van der Waals surface area (Å²) in [6.45, 7) is 3.82. The summed E-state index contributed by atoms with van der Waals surface area (Å²) in [5.41, 5.74) is 3.20. The van der Waals surface area contributed by atoms with Gasteiger partial charge in [0.05, 0.1) is 7.11 Å². The van der Waals surface area contributed by atoms with E-state index in [0.29, 0.717) is 23.5 Å². The van der Waals surface area contributed by atoms with Crippen LogP contribution < -0.4 is 20.3 Å². The molecular formula is C26H32N2O6. The van der Waals surface area contributed by atoms with E-state index < -0.39 is 23.5 Å². The van der Waals surface area contributed by atoms with Gasteiger partial charge >= 0.3 is 5.97 Å². The van der Waals surface area contributed by atoms with Crippen molar-refractivity contribution in [1.29, 1.82) is 0 Å². The Hall–Kier alpha value is -3.29. The molecule has 8 heteroatoms. The van der Waals surface area contributed by atoms with Crippen LogP contribution in [0.15, 0.2) is 23.0 Å². The Balaban J connectivity index is 1.78. The number of carbonyl (C=O) groups is 2. The molecule has 0 spiro atoms. The summed E-state index contributed by atoms with van der Waals surface area (Å²) in [5, 5.41) is 2.75. The van der Waals surface area contributed by atoms with Gasteiger partial charge in [-0.2, -0.15) is 0 Å². The largest absolute Gasteiger partial charge is 0.467 e. The van der Waals surface area contributed by atoms with Crippen molar-refractivity contribution >= 4 is 11.9 Å². The van der Waals surface area contributed by atoms with Crippen molar-refractivity contribution in [1.82, 2.24) is 10.3 Å². The van der Waals surface area contributed by atoms with Gasteiger partial charge in [-0.25, -0.2) is 4.79 Å². The topological polar surface area (TPSA) is 107 Å². The van der Waals surface area contributed by atoms with Crippen molar-refractivity contribution in [3.8, 4) is 11.5 Å². The van der Waals surface area contributed by atoms with E-state index in [0.717, 1.165) is 55.3 Å². The van der Waals surface area contributed by atoms with Gasteiger partial charge < -0.3 is 24.5 Å². The average molecular weight is 469 g/mol. The quantitative estimate of drug-likeness (QED) is 0.630. The zero-order valence-corrected chi connectivity index (χ0v) is 20.0. The number of hydrogen-bond acceptors (Lipinski definition) is 6. The van der Waals surface area contributed by atoms with Gasteiger partial charge in [-0.05, 0) is 66.8 Å². The molecule has 0 saturated heterocycles. The summed E-state index contributed by atoms with van der Waals surface area (Å²) in [5.74, 6) is 0.0361. The lowest BCUT2D eigenvalue weighted by atomic mass is 9.88. The van der Waals surface area contributed by atoms with Crippen LogP contribution in [0.2, 0.25) is 0 Å². The highest BCUT2D eigenvalue weighted by atomic mass is 16.7. The number of benzene rings is 1. The normalized spacial score (nSPS) is 15.8. The van der Waals surface area contributed by atoms with Crippen molar-refractivity contribution in [3.63, 3.8) is 0 Å². The molecule has 1 aliphatic carbocycles. The molecule has 1 atom stereocenters. The van der Waals surface area contributed by atoms with E-state index in [1.165, 1.54) is 7.11 Å². The van der Waals surface area contributed by atoms with Gasteiger partial charge in [0, 0.05) is 5.69 Å². The third-order valence-corrected chi connectivity index (χ3v) is 6.58. The molecule has 2 N–H and O–H groups in total. The molecular weight excluding hydrogens is 436 g/mol. The van der Waals surface area contributed by atoms with Crippen LogP contribution in [-0.4, -0.2) is 36.8 Å². The number of fused-ring (bicyclic) bond motifs is 2. The number of rotatable bonds is 6. The second-order valence-electron chi connectivity index (χ2n) is 9.26. The van der Waals surface area contributed by atoms with Crippen LogP contribution in [0.5, 0.6) is 11.5 Å². The predicted molar refractivity (Wildman–Crippen MR) is 126 cm³/mol. The summed E-state index contributed by atoms with van der Waals surface area (Å²) in [7, 11) is 1.28. The predicted octanol–water partition coefficient (Wildman–Crippen LogP) is 3.28. The van der Waals surface area contributed by atoms with Gasteiger partial charge in [0.25, 0.3) is 11.5 Å². The minimum atomic E-state index is -0.850. The number of pyridine rings is 1. The number of methoxy groups -OCH3 is 1. The summed E-state index contributed by atoms with van der Waals surface area (Å²) in [4.78, 5) is 41.9. The Morgan fingerprint density at radius 1 is 1.09 bits per heavy atom. The standard InChI is InChI=1S/C26H32N2O6/c1-15(2)23(26(31)32-3)28-25(30)22-18(12-16-10-11-20-21(13-16)34-14-33-20)17-8-6-4-5-7-9-19(17)27-24(22)29/h10-11,13,15,23H,4-9,12,14H2,1-3H3,(H,27,29)(H,28,30). The number of carbonyl (C=O) groups excluding carboxylic acids is 2. The van der Waals surface area contributed by atoms with Gasteiger partial charge in [-0.1, -0.05) is 32.8 Å². The Morgan fingerprint density at radius 3 is 2.56 bits per heavy atom. The average Bonchev–Trinajstić information content (AvgIpc) is 3.26. The number of aromatic nitrogens is 1. The number of nitrogens with one attached hydrogen (secondary N) is 2. The highest BCUT2D eigenvalue weighted by molar-refractivity contribution is 5.98. The SMILES string of the molecule is COC(=O)C(NC(=O)c1c(Cc2ccc3c(c2)OCO3)c2c([nH]c1=O)CCCCCC2)C(C)C. The van der Waals surface area contributed by atoms with Crippen LogP contribution in [0, 0.1) is 5.92 Å². The lowest BCUT2D eigenvalue weighted by molar-refractivity contribution is -0.144. The molecule has 2 aliphatic rings. The summed E-state index contributed by atoms with van der Waals surface area (Å²) in [6, 6.07) is 4.82. The lowest BCUT2D eigenvalue weighted by Gasteiger charge is -2.23. The maximum atomic E-state index is 13.5. The molecule has 0 fully saturated rings. The van der Waals surface area contributed by atoms with Crippen molar-refractivity contribution in [2.24, 2.45) is 5.92 Å². The van der Waals surface area contributed by atoms with Crippen LogP contribution in [-0.2, 0) is 28.8 Å². The van der Waals surface area contributed by atoms with E-state index >= 15 is 0 Å². The number of aryl methyl sites for hydroxylation is 1. The molecule has 1 aliphatic heterocycles. The number of ether oxygens (including phenoxy) is 3. The minimum Gasteiger partial charge on any atom is -0.467 e. The highest BCUT2D eigenvalue weighted by Gasteiger charge is 2.29. The van der Waals surface area contributed by atoms with E-state index in [2.05, 4.69) is 10.3 Å². The molecule has 0 saturated carbocycles. The van der Waals surface area contributed by atoms with Gasteiger partial charge in [0.15, 0.2) is 11.5 Å². The molecule has 0 bridgehead atoms. The van der Waals surface area contributed by atoms with Gasteiger partial charge in [0.1, 0.15) is 11.6 Å². The summed E-state index contributed by atoms with van der Waals surface area (Å²) >= 11 is 0. The molecule has 0 radical (unpaired) electrons. The number of H-pyrrole nitrogens is 1. The van der Waals surface area contributed by atoms with Gasteiger partial charge in [0.2, 0.25) is 6.79 Å². The molecule has 8 nitrogen and oxygen atoms in total. The van der Waals surface area contributed by atoms with Crippen molar-refractivity contribution in [2.75, 3.05) is 13.9 Å². The van der Waals surface area contributed by atoms with E-state index in [-0.39, 0.29) is 18.3 Å². The number of hydrogen-bond donors (Lipinski definition) is 2. The summed E-state index contributed by atoms with van der Waals surface area (Å²) in [6.07, 6.45) is 6.18. The maximum absolute atomic E-state index is 13.5. The molecule has 2 heterocycles. The zero-order valence-electron chi connectivity index (χ0n) is 20.0. The third kappa shape index (κ3) is 4.95. The van der Waals surface area contributed by atoms with E-state index in [4.69, 9.17) is 14.2 Å². The fourth-order valence-electron chi connectivity index (χ4n) is 4.75. The molecule has 34 heavy (non-hydrogen) atoms. The first-order valence-corrected chi connectivity index (χ1v) is 11.9. The molecule has 4 rings (SSSR count). The fraction of sp³-hybridized carbons (Fsp3) is 0.500. The monoisotopic (exact) mass is 468 g/mol. The van der Waals surface area contributed by atoms with Crippen molar-refractivity contribution in [3.05, 3.63) is 56.5 Å². The number of esters is 1. The fourth-order valence-corrected chi connectivity index (χ4v) is 4.75. The molecule has 182 valence electrons. The zero-order chi connectivity index (χ0) is 24.2. The molecule has 2 aromatic rings. The van der Waals surface area contributed by atoms with Crippen molar-refractivity contribution in [2.45, 2.75) is 64.8 Å². The number of amides is 1. The smallest absolute Gasteiger partial charge is 0.328 e. The maximum Gasteiger partial charge on any atom is 0.328 e. The Morgan fingerprint density at radius 2 is 1.82 bits per heavy atom. The second kappa shape index (κ2) is 10.3. The van der Waals surface area contributed by atoms with Crippen LogP contribution in [0.4, 0.5) is 0 Å². The summed E-state index contributed by atoms with van der Waals surface area (Å²) < 4.78 is 15.8. The molecule has 1 amide bonds. The van der Waals surface area contributed by atoms with Gasteiger partial charge in [-0.3, -0.25) is 9.59 Å². The number of aromatic amines is 1. The molecule has 1 aromatic carbocycles. The Kier molecular flexibility index (Phi) is 7.24. The van der Waals surface area contributed by atoms with Gasteiger partial charge in [-0.15, -0.1) is 0 Å². The van der Waals surface area contributed by atoms with Crippen LogP contribution in [0.3, 0.4) is 0 Å². The van der Waals surface area contributed by atoms with Crippen LogP contribution in [0.25, 0.3) is 0 Å². The first-order chi connectivity index (χ1) is 16.4. The van der Waals surface area contributed by atoms with E-state index in [9.17, 15) is 14.4 Å². The van der Waals surface area contributed by atoms with E-state index in [1.807, 2.05) is 32.0 Å². The lowest BCUT2D eigenvalue weighted by Crippen LogP contribution is -2.46. The van der Waals surface area contributed by atoms with Crippen LogP contribution >= 0.6 is 0 Å². The molecule has 1 aromatic heterocycles. The first kappa shape index (κ1) is 23.9. The van der Waals surface area contributed by atoms with Crippen molar-refractivity contribution < 1.29 is 23.8 Å². The molecule has 1 unspecified atom stereocenters. The Labute approximate surface area is 199 Å². The Bertz CT molecular complexity index is 1140. The minimum absolute atomic E-state index is 0.0616. The highest BCUT2D eigenvalue weighted by Crippen LogP contribution is 2.34. The van der Waals surface area contributed by atoms with Crippen LogP contribution in [0.1, 0.15) is 72.3 Å². The second-order valence-corrected chi connectivity index (χ2v) is 9.26.